The number of hydrogen-bond donors (Lipinski definition) is 0. The molecule has 1 unspecified atom stereocenters. The number of fused-ring (bicyclic) bond motifs is 2. The first-order chi connectivity index (χ1) is 13.5. The van der Waals surface area contributed by atoms with E-state index in [0.717, 1.165) is 23.7 Å². The Balaban J connectivity index is 1.63. The molecule has 1 aliphatic heterocycles. The molecule has 0 radical (unpaired) electrons. The van der Waals surface area contributed by atoms with Crippen molar-refractivity contribution in [3.63, 3.8) is 0 Å². The van der Waals surface area contributed by atoms with Crippen LogP contribution in [0.25, 0.3) is 22.9 Å². The largest absolute Gasteiger partial charge is 0.299 e. The highest BCUT2D eigenvalue weighted by Gasteiger charge is 2.27. The van der Waals surface area contributed by atoms with Gasteiger partial charge in [0.2, 0.25) is 0 Å². The minimum absolute atomic E-state index is 0.493. The molecule has 0 N–H and O–H groups in total. The van der Waals surface area contributed by atoms with Crippen molar-refractivity contribution in [2.24, 2.45) is 5.92 Å². The SMILES string of the molecule is CC(C)C1c2cc(/C=C/c3ccc4cc(C#N)ccc4c3)ccc2CCN1C. The fourth-order valence-electron chi connectivity index (χ4n) is 4.39. The van der Waals surface area contributed by atoms with E-state index in [1.165, 1.54) is 22.3 Å². The molecule has 140 valence electrons. The fourth-order valence-corrected chi connectivity index (χ4v) is 4.39. The molecular weight excluding hydrogens is 340 g/mol. The fraction of sp³-hybridized carbons (Fsp3) is 0.269. The van der Waals surface area contributed by atoms with Crippen LogP contribution in [-0.4, -0.2) is 18.5 Å². The van der Waals surface area contributed by atoms with E-state index in [-0.39, 0.29) is 0 Å². The topological polar surface area (TPSA) is 27.0 Å². The Bertz CT molecular complexity index is 1090. The van der Waals surface area contributed by atoms with Crippen LogP contribution in [0.3, 0.4) is 0 Å². The zero-order valence-corrected chi connectivity index (χ0v) is 16.8. The minimum atomic E-state index is 0.493. The van der Waals surface area contributed by atoms with Gasteiger partial charge in [0.15, 0.2) is 0 Å². The zero-order chi connectivity index (χ0) is 19.7. The summed E-state index contributed by atoms with van der Waals surface area (Å²) in [5, 5.41) is 11.3. The first-order valence-corrected chi connectivity index (χ1v) is 10.0. The number of benzene rings is 3. The summed E-state index contributed by atoms with van der Waals surface area (Å²) >= 11 is 0. The Labute approximate surface area is 167 Å². The van der Waals surface area contributed by atoms with Crippen molar-refractivity contribution in [1.82, 2.24) is 4.90 Å². The van der Waals surface area contributed by atoms with Crippen LogP contribution in [0.15, 0.2) is 54.6 Å². The number of likely N-dealkylation sites (N-methyl/N-ethyl adjacent to an activating group) is 1. The van der Waals surface area contributed by atoms with Crippen LogP contribution in [0, 0.1) is 17.2 Å². The summed E-state index contributed by atoms with van der Waals surface area (Å²) in [7, 11) is 2.24. The molecule has 0 amide bonds. The maximum absolute atomic E-state index is 9.05. The van der Waals surface area contributed by atoms with Gasteiger partial charge in [0.25, 0.3) is 0 Å². The first kappa shape index (κ1) is 18.5. The zero-order valence-electron chi connectivity index (χ0n) is 16.8. The van der Waals surface area contributed by atoms with Crippen molar-refractivity contribution in [1.29, 1.82) is 5.26 Å². The lowest BCUT2D eigenvalue weighted by Gasteiger charge is -2.37. The third kappa shape index (κ3) is 3.59. The monoisotopic (exact) mass is 366 g/mol. The lowest BCUT2D eigenvalue weighted by molar-refractivity contribution is 0.181. The summed E-state index contributed by atoms with van der Waals surface area (Å²) in [6, 6.07) is 21.8. The summed E-state index contributed by atoms with van der Waals surface area (Å²) in [6.45, 7) is 5.76. The molecule has 3 aromatic rings. The Morgan fingerprint density at radius 2 is 1.64 bits per heavy atom. The molecule has 0 bridgehead atoms. The van der Waals surface area contributed by atoms with E-state index in [0.29, 0.717) is 17.5 Å². The van der Waals surface area contributed by atoms with Crippen molar-refractivity contribution in [2.45, 2.75) is 26.3 Å². The lowest BCUT2D eigenvalue weighted by Crippen LogP contribution is -2.35. The average molecular weight is 367 g/mol. The van der Waals surface area contributed by atoms with E-state index < -0.39 is 0 Å². The van der Waals surface area contributed by atoms with Crippen molar-refractivity contribution < 1.29 is 0 Å². The molecule has 28 heavy (non-hydrogen) atoms. The number of nitrogens with zero attached hydrogens (tertiary/aromatic N) is 2. The van der Waals surface area contributed by atoms with Crippen LogP contribution in [0.2, 0.25) is 0 Å². The predicted molar refractivity (Wildman–Crippen MR) is 118 cm³/mol. The van der Waals surface area contributed by atoms with Gasteiger partial charge in [-0.3, -0.25) is 4.90 Å². The van der Waals surface area contributed by atoms with E-state index >= 15 is 0 Å². The maximum Gasteiger partial charge on any atom is 0.0991 e. The van der Waals surface area contributed by atoms with Gasteiger partial charge in [-0.25, -0.2) is 0 Å². The first-order valence-electron chi connectivity index (χ1n) is 10.0. The molecule has 1 aliphatic rings. The Hall–Kier alpha value is -2.89. The second-order valence-corrected chi connectivity index (χ2v) is 8.14. The molecule has 0 saturated heterocycles. The van der Waals surface area contributed by atoms with Gasteiger partial charge >= 0.3 is 0 Å². The van der Waals surface area contributed by atoms with Gasteiger partial charge in [-0.1, -0.05) is 56.3 Å². The molecule has 0 aromatic heterocycles. The van der Waals surface area contributed by atoms with Crippen LogP contribution in [0.1, 0.15) is 47.7 Å². The highest BCUT2D eigenvalue weighted by atomic mass is 15.1. The Morgan fingerprint density at radius 1 is 0.964 bits per heavy atom. The summed E-state index contributed by atoms with van der Waals surface area (Å²) in [5.74, 6) is 0.599. The molecule has 0 saturated carbocycles. The third-order valence-corrected chi connectivity index (χ3v) is 5.79. The van der Waals surface area contributed by atoms with Gasteiger partial charge in [-0.05, 0) is 76.7 Å². The minimum Gasteiger partial charge on any atom is -0.299 e. The molecule has 2 nitrogen and oxygen atoms in total. The molecule has 3 aromatic carbocycles. The van der Waals surface area contributed by atoms with Crippen molar-refractivity contribution in [3.05, 3.63) is 82.4 Å². The molecule has 4 rings (SSSR count). The second kappa shape index (κ2) is 7.62. The van der Waals surface area contributed by atoms with Crippen LogP contribution in [0.5, 0.6) is 0 Å². The van der Waals surface area contributed by atoms with E-state index in [9.17, 15) is 0 Å². The smallest absolute Gasteiger partial charge is 0.0991 e. The van der Waals surface area contributed by atoms with Crippen molar-refractivity contribution in [3.8, 4) is 6.07 Å². The molecule has 1 heterocycles. The van der Waals surface area contributed by atoms with Gasteiger partial charge in [-0.2, -0.15) is 5.26 Å². The van der Waals surface area contributed by atoms with Crippen LogP contribution in [0.4, 0.5) is 0 Å². The van der Waals surface area contributed by atoms with E-state index in [1.807, 2.05) is 18.2 Å². The standard InChI is InChI=1S/C26H26N2/c1-18(2)26-25-16-20(6-9-22(25)12-13-28(26)3)5-4-19-7-10-24-15-21(17-27)8-11-23(24)14-19/h4-11,14-16,18,26H,12-13H2,1-3H3/b5-4+. The van der Waals surface area contributed by atoms with E-state index in [2.05, 4.69) is 80.4 Å². The summed E-state index contributed by atoms with van der Waals surface area (Å²) in [4.78, 5) is 2.49. The maximum atomic E-state index is 9.05. The Kier molecular flexibility index (Phi) is 5.03. The van der Waals surface area contributed by atoms with Crippen LogP contribution < -0.4 is 0 Å². The molecule has 0 spiro atoms. The van der Waals surface area contributed by atoms with Crippen molar-refractivity contribution >= 4 is 22.9 Å². The van der Waals surface area contributed by atoms with Gasteiger partial charge in [0.1, 0.15) is 0 Å². The number of rotatable bonds is 3. The molecule has 1 atom stereocenters. The van der Waals surface area contributed by atoms with Crippen molar-refractivity contribution in [2.75, 3.05) is 13.6 Å². The highest BCUT2D eigenvalue weighted by molar-refractivity contribution is 5.87. The van der Waals surface area contributed by atoms with Gasteiger partial charge in [-0.15, -0.1) is 0 Å². The summed E-state index contributed by atoms with van der Waals surface area (Å²) in [5.41, 5.74) is 6.10. The van der Waals surface area contributed by atoms with Crippen LogP contribution in [-0.2, 0) is 6.42 Å². The van der Waals surface area contributed by atoms with Gasteiger partial charge in [0.05, 0.1) is 11.6 Å². The molecule has 0 aliphatic carbocycles. The summed E-state index contributed by atoms with van der Waals surface area (Å²) < 4.78 is 0. The van der Waals surface area contributed by atoms with Gasteiger partial charge < -0.3 is 0 Å². The lowest BCUT2D eigenvalue weighted by atomic mass is 9.85. The second-order valence-electron chi connectivity index (χ2n) is 8.14. The molecule has 2 heteroatoms. The number of nitriles is 1. The normalized spacial score (nSPS) is 17.2. The number of hydrogen-bond acceptors (Lipinski definition) is 2. The summed E-state index contributed by atoms with van der Waals surface area (Å²) in [6.07, 6.45) is 5.52. The van der Waals surface area contributed by atoms with Crippen LogP contribution >= 0.6 is 0 Å². The molecular formula is C26H26N2. The third-order valence-electron chi connectivity index (χ3n) is 5.79. The van der Waals surface area contributed by atoms with E-state index in [4.69, 9.17) is 5.26 Å². The molecule has 0 fully saturated rings. The predicted octanol–water partition coefficient (Wildman–Crippen LogP) is 6.07. The average Bonchev–Trinajstić information content (AvgIpc) is 2.71. The van der Waals surface area contributed by atoms with Gasteiger partial charge in [0, 0.05) is 12.6 Å². The Morgan fingerprint density at radius 3 is 2.39 bits per heavy atom. The highest BCUT2D eigenvalue weighted by Crippen LogP contribution is 2.35. The quantitative estimate of drug-likeness (QED) is 0.526. The van der Waals surface area contributed by atoms with E-state index in [1.54, 1.807) is 0 Å².